The van der Waals surface area contributed by atoms with Gasteiger partial charge in [0.2, 0.25) is 0 Å². The zero-order valence-corrected chi connectivity index (χ0v) is 17.3. The predicted octanol–water partition coefficient (Wildman–Crippen LogP) is 2.55. The van der Waals surface area contributed by atoms with E-state index in [1.54, 1.807) is 17.0 Å². The van der Waals surface area contributed by atoms with Gasteiger partial charge in [-0.25, -0.2) is 4.79 Å². The van der Waals surface area contributed by atoms with E-state index in [1.165, 1.54) is 12.1 Å². The van der Waals surface area contributed by atoms with Gasteiger partial charge in [-0.1, -0.05) is 0 Å². The second-order valence-corrected chi connectivity index (χ2v) is 6.59. The Labute approximate surface area is 172 Å². The number of rotatable bonds is 8. The molecule has 1 atom stereocenters. The number of halogens is 2. The number of carbonyl (C=O) groups excluding carboxylic acids is 1. The summed E-state index contributed by atoms with van der Waals surface area (Å²) in [6, 6.07) is 6.04. The minimum atomic E-state index is -0.450. The Hall–Kier alpha value is -1.61. The van der Waals surface area contributed by atoms with Crippen molar-refractivity contribution < 1.29 is 14.5 Å². The van der Waals surface area contributed by atoms with Gasteiger partial charge in [0.05, 0.1) is 4.92 Å². The summed E-state index contributed by atoms with van der Waals surface area (Å²) >= 11 is 0. The van der Waals surface area contributed by atoms with Crippen molar-refractivity contribution in [2.45, 2.75) is 13.0 Å². The van der Waals surface area contributed by atoms with E-state index in [0.717, 1.165) is 31.6 Å². The molecule has 154 valence electrons. The highest BCUT2D eigenvalue weighted by Gasteiger charge is 2.22. The van der Waals surface area contributed by atoms with E-state index in [2.05, 4.69) is 5.32 Å². The average Bonchev–Trinajstić information content (AvgIpc) is 3.09. The number of nitro groups is 1. The van der Waals surface area contributed by atoms with Crippen LogP contribution < -0.4 is 5.32 Å². The molecule has 1 aromatic carbocycles. The fourth-order valence-corrected chi connectivity index (χ4v) is 2.71. The first kappa shape index (κ1) is 25.4. The first-order valence-electron chi connectivity index (χ1n) is 8.46. The number of nitrogens with one attached hydrogen (secondary N) is 1. The molecule has 0 unspecified atom stereocenters. The zero-order chi connectivity index (χ0) is 18.2. The van der Waals surface area contributed by atoms with E-state index in [0.29, 0.717) is 19.0 Å². The number of amides is 1. The lowest BCUT2D eigenvalue weighted by atomic mass is 10.1. The largest absolute Gasteiger partial charge is 0.445 e. The fourth-order valence-electron chi connectivity index (χ4n) is 2.71. The van der Waals surface area contributed by atoms with E-state index in [4.69, 9.17) is 4.74 Å². The molecule has 27 heavy (non-hydrogen) atoms. The van der Waals surface area contributed by atoms with Crippen LogP contribution in [0.4, 0.5) is 10.5 Å². The Morgan fingerprint density at radius 2 is 1.93 bits per heavy atom. The predicted molar refractivity (Wildman–Crippen MR) is 109 cm³/mol. The maximum Gasteiger partial charge on any atom is 0.410 e. The maximum absolute atomic E-state index is 12.4. The number of benzene rings is 1. The van der Waals surface area contributed by atoms with Gasteiger partial charge in [-0.05, 0) is 57.2 Å². The van der Waals surface area contributed by atoms with Gasteiger partial charge in [-0.2, -0.15) is 0 Å². The number of hydrogen-bond acceptors (Lipinski definition) is 6. The molecule has 0 aromatic heterocycles. The molecule has 0 spiro atoms. The average molecular weight is 423 g/mol. The molecule has 1 fully saturated rings. The molecule has 0 aliphatic carbocycles. The van der Waals surface area contributed by atoms with E-state index in [9.17, 15) is 14.9 Å². The second kappa shape index (κ2) is 12.7. The SMILES string of the molecule is CN(C)CCN(C[C@H]1CCNC1)C(=O)OCc1ccc([N+](=O)[O-])cc1.Cl.Cl. The minimum absolute atomic E-state index is 0. The van der Waals surface area contributed by atoms with Crippen LogP contribution in [-0.4, -0.2) is 67.6 Å². The lowest BCUT2D eigenvalue weighted by Gasteiger charge is -2.26. The van der Waals surface area contributed by atoms with Gasteiger partial charge in [0.15, 0.2) is 0 Å². The molecule has 0 radical (unpaired) electrons. The van der Waals surface area contributed by atoms with Gasteiger partial charge in [-0.3, -0.25) is 10.1 Å². The monoisotopic (exact) mass is 422 g/mol. The van der Waals surface area contributed by atoms with E-state index >= 15 is 0 Å². The Balaban J connectivity index is 0.00000338. The molecule has 0 bridgehead atoms. The zero-order valence-electron chi connectivity index (χ0n) is 15.6. The van der Waals surface area contributed by atoms with E-state index < -0.39 is 4.92 Å². The summed E-state index contributed by atoms with van der Waals surface area (Å²) in [5, 5.41) is 14.0. The van der Waals surface area contributed by atoms with Crippen LogP contribution in [0.15, 0.2) is 24.3 Å². The van der Waals surface area contributed by atoms with Gasteiger partial charge in [0.25, 0.3) is 5.69 Å². The quantitative estimate of drug-likeness (QED) is 0.511. The number of carbonyl (C=O) groups is 1. The van der Waals surface area contributed by atoms with Crippen molar-refractivity contribution in [1.29, 1.82) is 0 Å². The number of hydrogen-bond donors (Lipinski definition) is 1. The second-order valence-electron chi connectivity index (χ2n) is 6.59. The smallest absolute Gasteiger partial charge is 0.410 e. The van der Waals surface area contributed by atoms with Gasteiger partial charge in [0.1, 0.15) is 6.61 Å². The molecule has 1 saturated heterocycles. The van der Waals surface area contributed by atoms with Crippen LogP contribution in [-0.2, 0) is 11.3 Å². The van der Waals surface area contributed by atoms with Crippen LogP contribution >= 0.6 is 24.8 Å². The fraction of sp³-hybridized carbons (Fsp3) is 0.588. The standard InChI is InChI=1S/C17H26N4O4.2ClH/c1-19(2)9-10-20(12-15-7-8-18-11-15)17(22)25-13-14-3-5-16(6-4-14)21(23)24;;/h3-6,15,18H,7-13H2,1-2H3;2*1H/t15-;;/m0../s1. The third-order valence-corrected chi connectivity index (χ3v) is 4.23. The molecular formula is C17H28Cl2N4O4. The van der Waals surface area contributed by atoms with Crippen LogP contribution in [0.2, 0.25) is 0 Å². The highest BCUT2D eigenvalue weighted by atomic mass is 35.5. The summed E-state index contributed by atoms with van der Waals surface area (Å²) in [6.45, 7) is 4.09. The van der Waals surface area contributed by atoms with Gasteiger partial charge in [0, 0.05) is 31.8 Å². The van der Waals surface area contributed by atoms with Gasteiger partial charge >= 0.3 is 6.09 Å². The first-order valence-corrected chi connectivity index (χ1v) is 8.46. The van der Waals surface area contributed by atoms with Gasteiger partial charge in [-0.15, -0.1) is 24.8 Å². The summed E-state index contributed by atoms with van der Waals surface area (Å²) in [6.07, 6.45) is 0.723. The lowest BCUT2D eigenvalue weighted by molar-refractivity contribution is -0.384. The number of likely N-dealkylation sites (N-methyl/N-ethyl adjacent to an activating group) is 1. The van der Waals surface area contributed by atoms with Crippen molar-refractivity contribution in [2.24, 2.45) is 5.92 Å². The van der Waals surface area contributed by atoms with Crippen molar-refractivity contribution in [3.05, 3.63) is 39.9 Å². The number of nitrogens with zero attached hydrogens (tertiary/aromatic N) is 3. The molecule has 10 heteroatoms. The van der Waals surface area contributed by atoms with Crippen molar-refractivity contribution in [2.75, 3.05) is 46.8 Å². The van der Waals surface area contributed by atoms with Crippen LogP contribution in [0.5, 0.6) is 0 Å². The third kappa shape index (κ3) is 8.75. The van der Waals surface area contributed by atoms with Crippen molar-refractivity contribution >= 4 is 36.6 Å². The Morgan fingerprint density at radius 1 is 1.26 bits per heavy atom. The molecule has 1 heterocycles. The van der Waals surface area contributed by atoms with Crippen molar-refractivity contribution in [3.63, 3.8) is 0 Å². The Kier molecular flexibility index (Phi) is 12.0. The van der Waals surface area contributed by atoms with Crippen LogP contribution in [0.25, 0.3) is 0 Å². The summed E-state index contributed by atoms with van der Waals surface area (Å²) in [5.74, 6) is 0.453. The number of ether oxygens (including phenoxy) is 1. The van der Waals surface area contributed by atoms with E-state index in [1.807, 2.05) is 19.0 Å². The Bertz CT molecular complexity index is 581. The topological polar surface area (TPSA) is 88.0 Å². The lowest BCUT2D eigenvalue weighted by Crippen LogP contribution is -2.40. The minimum Gasteiger partial charge on any atom is -0.445 e. The molecule has 1 N–H and O–H groups in total. The molecule has 1 aliphatic rings. The number of non-ortho nitro benzene ring substituents is 1. The number of nitro benzene ring substituents is 1. The normalized spacial score (nSPS) is 15.6. The summed E-state index contributed by atoms with van der Waals surface area (Å²) in [4.78, 5) is 26.4. The molecule has 2 rings (SSSR count). The molecular weight excluding hydrogens is 395 g/mol. The molecule has 1 aromatic rings. The van der Waals surface area contributed by atoms with Crippen LogP contribution in [0.3, 0.4) is 0 Å². The summed E-state index contributed by atoms with van der Waals surface area (Å²) in [7, 11) is 3.94. The third-order valence-electron chi connectivity index (χ3n) is 4.23. The molecule has 1 amide bonds. The maximum atomic E-state index is 12.4. The highest BCUT2D eigenvalue weighted by Crippen LogP contribution is 2.14. The van der Waals surface area contributed by atoms with Crippen molar-refractivity contribution in [3.8, 4) is 0 Å². The van der Waals surface area contributed by atoms with Gasteiger partial charge < -0.3 is 19.9 Å². The van der Waals surface area contributed by atoms with Crippen LogP contribution in [0.1, 0.15) is 12.0 Å². The molecule has 0 saturated carbocycles. The van der Waals surface area contributed by atoms with Crippen molar-refractivity contribution in [1.82, 2.24) is 15.1 Å². The van der Waals surface area contributed by atoms with E-state index in [-0.39, 0.29) is 43.2 Å². The first-order chi connectivity index (χ1) is 12.0. The molecule has 8 nitrogen and oxygen atoms in total. The summed E-state index contributed by atoms with van der Waals surface area (Å²) in [5.41, 5.74) is 0.755. The van der Waals surface area contributed by atoms with Crippen LogP contribution in [0, 0.1) is 16.0 Å². The molecule has 1 aliphatic heterocycles. The Morgan fingerprint density at radius 3 is 2.44 bits per heavy atom. The highest BCUT2D eigenvalue weighted by molar-refractivity contribution is 5.85. The summed E-state index contributed by atoms with van der Waals surface area (Å²) < 4.78 is 5.41.